The van der Waals surface area contributed by atoms with Gasteiger partial charge in [-0.2, -0.15) is 0 Å². The van der Waals surface area contributed by atoms with Crippen molar-refractivity contribution in [3.8, 4) is 0 Å². The van der Waals surface area contributed by atoms with Gasteiger partial charge in [0.05, 0.1) is 0 Å². The van der Waals surface area contributed by atoms with E-state index in [1.54, 1.807) is 24.3 Å². The second-order valence-electron chi connectivity index (χ2n) is 5.21. The van der Waals surface area contributed by atoms with Crippen molar-refractivity contribution in [2.24, 2.45) is 5.92 Å². The van der Waals surface area contributed by atoms with Crippen molar-refractivity contribution in [3.63, 3.8) is 0 Å². The average molecular weight is 276 g/mol. The van der Waals surface area contributed by atoms with Crippen LogP contribution < -0.4 is 10.6 Å². The number of rotatable bonds is 7. The predicted octanol–water partition coefficient (Wildman–Crippen LogP) is 2.36. The Labute approximate surface area is 121 Å². The van der Waals surface area contributed by atoms with Gasteiger partial charge >= 0.3 is 0 Å². The van der Waals surface area contributed by atoms with Gasteiger partial charge < -0.3 is 10.6 Å². The summed E-state index contributed by atoms with van der Waals surface area (Å²) in [5.41, 5.74) is 0.569. The maximum absolute atomic E-state index is 12.1. The first-order valence-electron chi connectivity index (χ1n) is 7.19. The highest BCUT2D eigenvalue weighted by Crippen LogP contribution is 2.05. The minimum Gasteiger partial charge on any atom is -0.354 e. The zero-order valence-electron chi connectivity index (χ0n) is 12.5. The van der Waals surface area contributed by atoms with Crippen LogP contribution >= 0.6 is 0 Å². The molecule has 4 nitrogen and oxygen atoms in total. The van der Waals surface area contributed by atoms with Crippen LogP contribution in [0.4, 0.5) is 0 Å². The highest BCUT2D eigenvalue weighted by atomic mass is 16.2. The normalized spacial score (nSPS) is 12.0. The molecule has 110 valence electrons. The van der Waals surface area contributed by atoms with Crippen LogP contribution in [-0.2, 0) is 4.79 Å². The number of unbranched alkanes of at least 4 members (excludes halogenated alkanes) is 1. The van der Waals surface area contributed by atoms with Crippen LogP contribution in [0.1, 0.15) is 44.0 Å². The summed E-state index contributed by atoms with van der Waals surface area (Å²) in [4.78, 5) is 24.2. The molecule has 0 saturated heterocycles. The summed E-state index contributed by atoms with van der Waals surface area (Å²) in [6.07, 6.45) is 1.98. The molecule has 20 heavy (non-hydrogen) atoms. The molecule has 1 aromatic carbocycles. The number of benzene rings is 1. The molecule has 1 unspecified atom stereocenters. The van der Waals surface area contributed by atoms with E-state index < -0.39 is 6.04 Å². The van der Waals surface area contributed by atoms with Gasteiger partial charge in [0.2, 0.25) is 5.91 Å². The minimum atomic E-state index is -0.500. The topological polar surface area (TPSA) is 58.2 Å². The zero-order chi connectivity index (χ0) is 15.0. The lowest BCUT2D eigenvalue weighted by atomic mass is 10.0. The smallest absolute Gasteiger partial charge is 0.251 e. The third-order valence-corrected chi connectivity index (χ3v) is 3.10. The molecule has 4 heteroatoms. The summed E-state index contributed by atoms with van der Waals surface area (Å²) < 4.78 is 0. The molecule has 1 atom stereocenters. The van der Waals surface area contributed by atoms with E-state index >= 15 is 0 Å². The minimum absolute atomic E-state index is 0.0456. The third-order valence-electron chi connectivity index (χ3n) is 3.10. The van der Waals surface area contributed by atoms with Crippen LogP contribution in [0.3, 0.4) is 0 Å². The van der Waals surface area contributed by atoms with Gasteiger partial charge in [0.15, 0.2) is 0 Å². The van der Waals surface area contributed by atoms with Crippen LogP contribution in [0.2, 0.25) is 0 Å². The van der Waals surface area contributed by atoms with Crippen molar-refractivity contribution < 1.29 is 9.59 Å². The molecule has 2 amide bonds. The Morgan fingerprint density at radius 3 is 2.35 bits per heavy atom. The Morgan fingerprint density at radius 1 is 1.15 bits per heavy atom. The van der Waals surface area contributed by atoms with Crippen LogP contribution in [0, 0.1) is 5.92 Å². The van der Waals surface area contributed by atoms with E-state index in [4.69, 9.17) is 0 Å². The average Bonchev–Trinajstić information content (AvgIpc) is 2.45. The summed E-state index contributed by atoms with van der Waals surface area (Å²) >= 11 is 0. The van der Waals surface area contributed by atoms with E-state index in [1.807, 2.05) is 19.9 Å². The van der Waals surface area contributed by atoms with E-state index in [9.17, 15) is 9.59 Å². The fourth-order valence-electron chi connectivity index (χ4n) is 1.85. The molecular weight excluding hydrogens is 252 g/mol. The molecule has 0 aliphatic rings. The second-order valence-corrected chi connectivity index (χ2v) is 5.21. The van der Waals surface area contributed by atoms with Crippen molar-refractivity contribution in [3.05, 3.63) is 35.9 Å². The third kappa shape index (κ3) is 5.03. The van der Waals surface area contributed by atoms with Gasteiger partial charge in [-0.3, -0.25) is 9.59 Å². The molecule has 0 heterocycles. The molecule has 0 aromatic heterocycles. The summed E-state index contributed by atoms with van der Waals surface area (Å²) in [5, 5.41) is 5.68. The van der Waals surface area contributed by atoms with Gasteiger partial charge in [0, 0.05) is 12.1 Å². The molecule has 0 radical (unpaired) electrons. The Kier molecular flexibility index (Phi) is 6.77. The van der Waals surface area contributed by atoms with Crippen molar-refractivity contribution in [2.75, 3.05) is 6.54 Å². The first-order chi connectivity index (χ1) is 9.56. The highest BCUT2D eigenvalue weighted by Gasteiger charge is 2.24. The lowest BCUT2D eigenvalue weighted by molar-refractivity contribution is -0.123. The van der Waals surface area contributed by atoms with E-state index in [0.29, 0.717) is 12.1 Å². The van der Waals surface area contributed by atoms with Crippen LogP contribution in [-0.4, -0.2) is 24.4 Å². The van der Waals surface area contributed by atoms with Gasteiger partial charge in [0.1, 0.15) is 6.04 Å². The Hall–Kier alpha value is -1.84. The summed E-state index contributed by atoms with van der Waals surface area (Å²) in [7, 11) is 0. The number of amides is 2. The lowest BCUT2D eigenvalue weighted by Gasteiger charge is -2.21. The number of nitrogens with one attached hydrogen (secondary N) is 2. The Morgan fingerprint density at radius 2 is 1.80 bits per heavy atom. The monoisotopic (exact) mass is 276 g/mol. The molecule has 0 aliphatic carbocycles. The maximum Gasteiger partial charge on any atom is 0.251 e. The molecule has 0 saturated carbocycles. The van der Waals surface area contributed by atoms with E-state index in [-0.39, 0.29) is 17.7 Å². The quantitative estimate of drug-likeness (QED) is 0.751. The molecule has 0 spiro atoms. The van der Waals surface area contributed by atoms with Crippen LogP contribution in [0.15, 0.2) is 30.3 Å². The summed E-state index contributed by atoms with van der Waals surface area (Å²) in [6, 6.07) is 8.44. The molecule has 0 aliphatic heterocycles. The molecule has 2 N–H and O–H groups in total. The second kappa shape index (κ2) is 8.35. The largest absolute Gasteiger partial charge is 0.354 e. The number of carbonyl (C=O) groups excluding carboxylic acids is 2. The molecule has 1 aromatic rings. The summed E-state index contributed by atoms with van der Waals surface area (Å²) in [5.74, 6) is -0.281. The summed E-state index contributed by atoms with van der Waals surface area (Å²) in [6.45, 7) is 6.58. The highest BCUT2D eigenvalue weighted by molar-refractivity contribution is 5.97. The zero-order valence-corrected chi connectivity index (χ0v) is 12.5. The first-order valence-corrected chi connectivity index (χ1v) is 7.19. The van der Waals surface area contributed by atoms with E-state index in [1.165, 1.54) is 0 Å². The van der Waals surface area contributed by atoms with Gasteiger partial charge in [-0.25, -0.2) is 0 Å². The van der Waals surface area contributed by atoms with E-state index in [0.717, 1.165) is 12.8 Å². The lowest BCUT2D eigenvalue weighted by Crippen LogP contribution is -2.49. The fraction of sp³-hybridized carbons (Fsp3) is 0.500. The molecule has 1 rings (SSSR count). The number of carbonyl (C=O) groups is 2. The van der Waals surface area contributed by atoms with Gasteiger partial charge in [0.25, 0.3) is 5.91 Å². The molecular formula is C16H24N2O2. The van der Waals surface area contributed by atoms with Crippen LogP contribution in [0.5, 0.6) is 0 Å². The van der Waals surface area contributed by atoms with E-state index in [2.05, 4.69) is 17.6 Å². The van der Waals surface area contributed by atoms with Gasteiger partial charge in [-0.05, 0) is 24.5 Å². The standard InChI is InChI=1S/C16H24N2O2/c1-4-5-11-17-16(20)14(12(2)3)18-15(19)13-9-7-6-8-10-13/h6-10,12,14H,4-5,11H2,1-3H3,(H,17,20)(H,18,19). The predicted molar refractivity (Wildman–Crippen MR) is 80.5 cm³/mol. The maximum atomic E-state index is 12.1. The van der Waals surface area contributed by atoms with Gasteiger partial charge in [-0.1, -0.05) is 45.4 Å². The Bertz CT molecular complexity index is 429. The Balaban J connectivity index is 2.63. The molecule has 0 fully saturated rings. The van der Waals surface area contributed by atoms with Crippen molar-refractivity contribution in [1.29, 1.82) is 0 Å². The van der Waals surface area contributed by atoms with Crippen molar-refractivity contribution in [1.82, 2.24) is 10.6 Å². The van der Waals surface area contributed by atoms with Crippen molar-refractivity contribution in [2.45, 2.75) is 39.7 Å². The fourth-order valence-corrected chi connectivity index (χ4v) is 1.85. The van der Waals surface area contributed by atoms with Crippen LogP contribution in [0.25, 0.3) is 0 Å². The van der Waals surface area contributed by atoms with Gasteiger partial charge in [-0.15, -0.1) is 0 Å². The first kappa shape index (κ1) is 16.2. The number of hydrogen-bond donors (Lipinski definition) is 2. The SMILES string of the molecule is CCCCNC(=O)C(NC(=O)c1ccccc1)C(C)C. The van der Waals surface area contributed by atoms with Crippen molar-refractivity contribution >= 4 is 11.8 Å². The number of hydrogen-bond acceptors (Lipinski definition) is 2. The molecule has 0 bridgehead atoms.